The maximum atomic E-state index is 11.8. The summed E-state index contributed by atoms with van der Waals surface area (Å²) in [6.07, 6.45) is 3.41. The van der Waals surface area contributed by atoms with E-state index in [-0.39, 0.29) is 11.1 Å². The van der Waals surface area contributed by atoms with E-state index < -0.39 is 0 Å². The van der Waals surface area contributed by atoms with Gasteiger partial charge in [0, 0.05) is 18.1 Å². The summed E-state index contributed by atoms with van der Waals surface area (Å²) < 4.78 is 1.50. The molecule has 0 aliphatic heterocycles. The fourth-order valence-electron chi connectivity index (χ4n) is 1.54. The Morgan fingerprint density at radius 1 is 1.41 bits per heavy atom. The zero-order valence-electron chi connectivity index (χ0n) is 9.42. The molecule has 0 saturated carbocycles. The van der Waals surface area contributed by atoms with Crippen LogP contribution in [0.3, 0.4) is 0 Å². The molecule has 2 aromatic rings. The van der Waals surface area contributed by atoms with Gasteiger partial charge >= 0.3 is 0 Å². The molecular weight excluding hydrogens is 214 g/mol. The molecule has 0 radical (unpaired) electrons. The van der Waals surface area contributed by atoms with Crippen molar-refractivity contribution in [3.63, 3.8) is 0 Å². The largest absolute Gasteiger partial charge is 0.310 e. The number of aryl methyl sites for hydroxylation is 1. The number of rotatable bonds is 2. The predicted octanol–water partition coefficient (Wildman–Crippen LogP) is 1.47. The van der Waals surface area contributed by atoms with Gasteiger partial charge in [-0.15, -0.1) is 0 Å². The molecule has 0 saturated heterocycles. The first-order chi connectivity index (χ1) is 8.20. The average molecular weight is 225 g/mol. The fraction of sp³-hybridized carbons (Fsp3) is 0.154. The minimum Gasteiger partial charge on any atom is -0.310 e. The van der Waals surface area contributed by atoms with Crippen molar-refractivity contribution in [3.8, 4) is 6.07 Å². The summed E-state index contributed by atoms with van der Waals surface area (Å²) >= 11 is 0. The van der Waals surface area contributed by atoms with Crippen LogP contribution in [0, 0.1) is 18.3 Å². The van der Waals surface area contributed by atoms with Crippen molar-refractivity contribution in [2.45, 2.75) is 13.5 Å². The molecule has 17 heavy (non-hydrogen) atoms. The minimum atomic E-state index is -0.268. The third-order valence-electron chi connectivity index (χ3n) is 2.47. The Labute approximate surface area is 98.8 Å². The molecule has 0 amide bonds. The van der Waals surface area contributed by atoms with E-state index in [0.717, 1.165) is 11.3 Å². The summed E-state index contributed by atoms with van der Waals surface area (Å²) in [6.45, 7) is 2.34. The van der Waals surface area contributed by atoms with Crippen LogP contribution < -0.4 is 5.56 Å². The molecular formula is C13H11N3O. The molecule has 0 aromatic carbocycles. The van der Waals surface area contributed by atoms with Crippen LogP contribution in [0.15, 0.2) is 41.5 Å². The monoisotopic (exact) mass is 225 g/mol. The quantitative estimate of drug-likeness (QED) is 0.777. The smallest absolute Gasteiger partial charge is 0.268 e. The highest BCUT2D eigenvalue weighted by molar-refractivity contribution is 5.25. The van der Waals surface area contributed by atoms with Crippen LogP contribution in [0.25, 0.3) is 0 Å². The molecule has 0 N–H and O–H groups in total. The van der Waals surface area contributed by atoms with Crippen LogP contribution in [-0.2, 0) is 6.54 Å². The minimum absolute atomic E-state index is 0.160. The van der Waals surface area contributed by atoms with Crippen molar-refractivity contribution in [2.75, 3.05) is 0 Å². The highest BCUT2D eigenvalue weighted by Gasteiger charge is 2.02. The standard InChI is InChI=1S/C13H11N3O/c1-10-4-5-11(8-15-10)9-16-6-2-3-12(7-14)13(16)17/h2-6,8H,9H2,1H3. The van der Waals surface area contributed by atoms with Gasteiger partial charge in [-0.25, -0.2) is 0 Å². The lowest BCUT2D eigenvalue weighted by molar-refractivity contribution is 0.753. The van der Waals surface area contributed by atoms with Crippen LogP contribution >= 0.6 is 0 Å². The van der Waals surface area contributed by atoms with Crippen LogP contribution in [0.2, 0.25) is 0 Å². The number of hydrogen-bond acceptors (Lipinski definition) is 3. The number of hydrogen-bond donors (Lipinski definition) is 0. The zero-order valence-corrected chi connectivity index (χ0v) is 9.42. The first kappa shape index (κ1) is 11.1. The average Bonchev–Trinajstić information content (AvgIpc) is 2.35. The topological polar surface area (TPSA) is 58.7 Å². The van der Waals surface area contributed by atoms with Crippen LogP contribution in [-0.4, -0.2) is 9.55 Å². The maximum Gasteiger partial charge on any atom is 0.268 e. The second-order valence-electron chi connectivity index (χ2n) is 3.77. The molecule has 4 heteroatoms. The lowest BCUT2D eigenvalue weighted by Gasteiger charge is -2.05. The Bertz CT molecular complexity index is 620. The van der Waals surface area contributed by atoms with Crippen LogP contribution in [0.4, 0.5) is 0 Å². The van der Waals surface area contributed by atoms with E-state index in [9.17, 15) is 4.79 Å². The Morgan fingerprint density at radius 2 is 2.24 bits per heavy atom. The van der Waals surface area contributed by atoms with Crippen molar-refractivity contribution in [3.05, 3.63) is 63.8 Å². The molecule has 2 heterocycles. The van der Waals surface area contributed by atoms with Crippen molar-refractivity contribution in [2.24, 2.45) is 0 Å². The molecule has 0 spiro atoms. The highest BCUT2D eigenvalue weighted by atomic mass is 16.1. The molecule has 2 aromatic heterocycles. The first-order valence-electron chi connectivity index (χ1n) is 5.22. The molecule has 0 unspecified atom stereocenters. The van der Waals surface area contributed by atoms with Crippen LogP contribution in [0.1, 0.15) is 16.8 Å². The number of aromatic nitrogens is 2. The second-order valence-corrected chi connectivity index (χ2v) is 3.77. The zero-order chi connectivity index (χ0) is 12.3. The van der Waals surface area contributed by atoms with Gasteiger partial charge in [0.25, 0.3) is 5.56 Å². The Balaban J connectivity index is 2.34. The summed E-state index contributed by atoms with van der Waals surface area (Å²) in [4.78, 5) is 16.0. The van der Waals surface area contributed by atoms with Gasteiger partial charge in [-0.1, -0.05) is 6.07 Å². The van der Waals surface area contributed by atoms with E-state index in [4.69, 9.17) is 5.26 Å². The van der Waals surface area contributed by atoms with E-state index in [2.05, 4.69) is 4.98 Å². The van der Waals surface area contributed by atoms with E-state index >= 15 is 0 Å². The lowest BCUT2D eigenvalue weighted by atomic mass is 10.2. The molecule has 0 fully saturated rings. The first-order valence-corrected chi connectivity index (χ1v) is 5.22. The molecule has 2 rings (SSSR count). The fourth-order valence-corrected chi connectivity index (χ4v) is 1.54. The lowest BCUT2D eigenvalue weighted by Crippen LogP contribution is -2.22. The maximum absolute atomic E-state index is 11.8. The molecule has 0 aliphatic rings. The van der Waals surface area contributed by atoms with Gasteiger partial charge in [0.2, 0.25) is 0 Å². The van der Waals surface area contributed by atoms with E-state index in [1.165, 1.54) is 10.6 Å². The van der Waals surface area contributed by atoms with Gasteiger partial charge in [0.1, 0.15) is 11.6 Å². The van der Waals surface area contributed by atoms with E-state index in [1.807, 2.05) is 25.1 Å². The Morgan fingerprint density at radius 3 is 2.88 bits per heavy atom. The predicted molar refractivity (Wildman–Crippen MR) is 63.5 cm³/mol. The third kappa shape index (κ3) is 2.40. The number of nitriles is 1. The summed E-state index contributed by atoms with van der Waals surface area (Å²) in [6, 6.07) is 8.92. The van der Waals surface area contributed by atoms with Crippen LogP contribution in [0.5, 0.6) is 0 Å². The van der Waals surface area contributed by atoms with E-state index in [0.29, 0.717) is 6.54 Å². The SMILES string of the molecule is Cc1ccc(Cn2cccc(C#N)c2=O)cn1. The summed E-state index contributed by atoms with van der Waals surface area (Å²) in [5, 5.41) is 8.77. The molecule has 0 aliphatic carbocycles. The van der Waals surface area contributed by atoms with Gasteiger partial charge in [-0.05, 0) is 30.7 Å². The summed E-state index contributed by atoms with van der Waals surface area (Å²) in [7, 11) is 0. The van der Waals surface area contributed by atoms with Gasteiger partial charge in [-0.2, -0.15) is 5.26 Å². The number of nitrogens with zero attached hydrogens (tertiary/aromatic N) is 3. The molecule has 84 valence electrons. The second kappa shape index (κ2) is 4.62. The van der Waals surface area contributed by atoms with Crippen molar-refractivity contribution >= 4 is 0 Å². The molecule has 4 nitrogen and oxygen atoms in total. The van der Waals surface area contributed by atoms with Crippen molar-refractivity contribution in [1.82, 2.24) is 9.55 Å². The molecule has 0 bridgehead atoms. The Hall–Kier alpha value is -2.41. The van der Waals surface area contributed by atoms with Gasteiger partial charge in [-0.3, -0.25) is 9.78 Å². The summed E-state index contributed by atoms with van der Waals surface area (Å²) in [5.74, 6) is 0. The van der Waals surface area contributed by atoms with E-state index in [1.54, 1.807) is 18.5 Å². The van der Waals surface area contributed by atoms with Gasteiger partial charge < -0.3 is 4.57 Å². The highest BCUT2D eigenvalue weighted by Crippen LogP contribution is 2.01. The van der Waals surface area contributed by atoms with Gasteiger partial charge in [0.05, 0.1) is 6.54 Å². The molecule has 0 atom stereocenters. The van der Waals surface area contributed by atoms with Gasteiger partial charge in [0.15, 0.2) is 0 Å². The number of pyridine rings is 2. The van der Waals surface area contributed by atoms with Crippen molar-refractivity contribution < 1.29 is 0 Å². The summed E-state index contributed by atoms with van der Waals surface area (Å²) in [5.41, 5.74) is 1.77. The Kier molecular flexibility index (Phi) is 3.01. The van der Waals surface area contributed by atoms with Crippen molar-refractivity contribution in [1.29, 1.82) is 5.26 Å². The normalized spacial score (nSPS) is 9.88. The third-order valence-corrected chi connectivity index (χ3v) is 2.47.